The molecule has 1 aliphatic carbocycles. The van der Waals surface area contributed by atoms with Crippen molar-refractivity contribution in [3.05, 3.63) is 11.8 Å². The number of hydrogen-bond donors (Lipinski definition) is 2. The van der Waals surface area contributed by atoms with E-state index in [4.69, 9.17) is 0 Å². The Morgan fingerprint density at radius 1 is 1.12 bits per heavy atom. The first kappa shape index (κ1) is 23.8. The van der Waals surface area contributed by atoms with Crippen LogP contribution in [0, 0.1) is 11.3 Å². The van der Waals surface area contributed by atoms with E-state index in [1.165, 1.54) is 11.8 Å². The van der Waals surface area contributed by atoms with Crippen molar-refractivity contribution in [3.8, 4) is 6.07 Å². The Labute approximate surface area is 199 Å². The number of likely N-dealkylation sites (tertiary alicyclic amines) is 2. The molecule has 0 bridgehead atoms. The standard InChI is InChI=1S/C23H33N7O2S/c1-33-23-26-14-19(22(32)29-10-2-3-11-29)21(28-23)27-17-8-6-16(7-9-17)25-15-20(31)30-12-4-5-18(30)13-24/h14,16-18,25H,2-12,15H2,1H3,(H,26,27,28)/t16?,17?,18-/m0/s1. The first-order valence-electron chi connectivity index (χ1n) is 12.0. The molecule has 178 valence electrons. The van der Waals surface area contributed by atoms with E-state index in [2.05, 4.69) is 26.7 Å². The summed E-state index contributed by atoms with van der Waals surface area (Å²) in [5, 5.41) is 16.8. The van der Waals surface area contributed by atoms with Gasteiger partial charge in [0.05, 0.1) is 12.6 Å². The van der Waals surface area contributed by atoms with Gasteiger partial charge in [-0.15, -0.1) is 0 Å². The predicted octanol–water partition coefficient (Wildman–Crippen LogP) is 2.26. The minimum atomic E-state index is -0.268. The number of hydrogen-bond acceptors (Lipinski definition) is 8. The highest BCUT2D eigenvalue weighted by atomic mass is 32.2. The SMILES string of the molecule is CSc1ncc(C(=O)N2CCCC2)c(NC2CCC(NCC(=O)N3CCC[C@H]3C#N)CC2)n1. The van der Waals surface area contributed by atoms with Crippen LogP contribution in [0.2, 0.25) is 0 Å². The van der Waals surface area contributed by atoms with Gasteiger partial charge in [-0.25, -0.2) is 9.97 Å². The third-order valence-electron chi connectivity index (χ3n) is 6.91. The molecule has 3 fully saturated rings. The second kappa shape index (κ2) is 11.2. The molecule has 2 aliphatic heterocycles. The van der Waals surface area contributed by atoms with E-state index >= 15 is 0 Å². The Hall–Kier alpha value is -2.38. The van der Waals surface area contributed by atoms with Crippen LogP contribution in [-0.2, 0) is 4.79 Å². The van der Waals surface area contributed by atoms with Gasteiger partial charge in [0.2, 0.25) is 5.91 Å². The molecule has 9 nitrogen and oxygen atoms in total. The van der Waals surface area contributed by atoms with E-state index in [0.29, 0.717) is 29.6 Å². The monoisotopic (exact) mass is 471 g/mol. The third kappa shape index (κ3) is 5.76. The number of nitrogens with one attached hydrogen (secondary N) is 2. The summed E-state index contributed by atoms with van der Waals surface area (Å²) in [4.78, 5) is 38.0. The largest absolute Gasteiger partial charge is 0.367 e. The van der Waals surface area contributed by atoms with E-state index in [1.807, 2.05) is 11.2 Å². The van der Waals surface area contributed by atoms with Crippen LogP contribution in [0.5, 0.6) is 0 Å². The van der Waals surface area contributed by atoms with Crippen LogP contribution in [0.25, 0.3) is 0 Å². The second-order valence-electron chi connectivity index (χ2n) is 9.07. The van der Waals surface area contributed by atoms with Gasteiger partial charge in [-0.05, 0) is 57.6 Å². The summed E-state index contributed by atoms with van der Waals surface area (Å²) in [7, 11) is 0. The average molecular weight is 472 g/mol. The number of nitrogens with zero attached hydrogens (tertiary/aromatic N) is 5. The maximum absolute atomic E-state index is 13.0. The maximum atomic E-state index is 13.0. The summed E-state index contributed by atoms with van der Waals surface area (Å²) in [6.07, 6.45) is 11.1. The molecule has 1 aromatic rings. The summed E-state index contributed by atoms with van der Waals surface area (Å²) >= 11 is 1.47. The zero-order valence-electron chi connectivity index (χ0n) is 19.3. The van der Waals surface area contributed by atoms with E-state index < -0.39 is 0 Å². The minimum absolute atomic E-state index is 0.00843. The Morgan fingerprint density at radius 3 is 2.55 bits per heavy atom. The summed E-state index contributed by atoms with van der Waals surface area (Å²) in [5.41, 5.74) is 0.554. The quantitative estimate of drug-likeness (QED) is 0.460. The number of carbonyl (C=O) groups is 2. The van der Waals surface area contributed by atoms with Crippen LogP contribution in [0.15, 0.2) is 11.4 Å². The smallest absolute Gasteiger partial charge is 0.259 e. The van der Waals surface area contributed by atoms with Gasteiger partial charge in [-0.2, -0.15) is 5.26 Å². The van der Waals surface area contributed by atoms with Gasteiger partial charge < -0.3 is 20.4 Å². The number of thioether (sulfide) groups is 1. The zero-order valence-corrected chi connectivity index (χ0v) is 20.1. The molecule has 0 spiro atoms. The molecule has 1 aromatic heterocycles. The number of anilines is 1. The lowest BCUT2D eigenvalue weighted by Gasteiger charge is -2.31. The number of amides is 2. The molecule has 0 radical (unpaired) electrons. The number of aromatic nitrogens is 2. The molecule has 2 amide bonds. The maximum Gasteiger partial charge on any atom is 0.259 e. The minimum Gasteiger partial charge on any atom is -0.367 e. The van der Waals surface area contributed by atoms with E-state index in [0.717, 1.165) is 64.5 Å². The van der Waals surface area contributed by atoms with Crippen molar-refractivity contribution < 1.29 is 9.59 Å². The Kier molecular flexibility index (Phi) is 8.04. The van der Waals surface area contributed by atoms with Gasteiger partial charge in [-0.3, -0.25) is 9.59 Å². The average Bonchev–Trinajstić information content (AvgIpc) is 3.55. The first-order chi connectivity index (χ1) is 16.1. The number of rotatable bonds is 7. The lowest BCUT2D eigenvalue weighted by atomic mass is 9.91. The lowest BCUT2D eigenvalue weighted by molar-refractivity contribution is -0.130. The predicted molar refractivity (Wildman–Crippen MR) is 127 cm³/mol. The van der Waals surface area contributed by atoms with Crippen molar-refractivity contribution >= 4 is 29.4 Å². The molecule has 0 aromatic carbocycles. The van der Waals surface area contributed by atoms with Gasteiger partial charge in [0.1, 0.15) is 17.4 Å². The second-order valence-corrected chi connectivity index (χ2v) is 9.84. The fourth-order valence-electron chi connectivity index (χ4n) is 4.99. The molecular formula is C23H33N7O2S. The van der Waals surface area contributed by atoms with Crippen molar-refractivity contribution in [3.63, 3.8) is 0 Å². The zero-order chi connectivity index (χ0) is 23.2. The van der Waals surface area contributed by atoms with E-state index in [9.17, 15) is 14.9 Å². The molecule has 1 saturated carbocycles. The molecule has 1 atom stereocenters. The highest BCUT2D eigenvalue weighted by Gasteiger charge is 2.30. The molecule has 4 rings (SSSR count). The molecule has 2 N–H and O–H groups in total. The first-order valence-corrected chi connectivity index (χ1v) is 13.2. The Morgan fingerprint density at radius 2 is 1.85 bits per heavy atom. The van der Waals surface area contributed by atoms with Gasteiger partial charge in [0, 0.05) is 37.9 Å². The molecule has 0 unspecified atom stereocenters. The van der Waals surface area contributed by atoms with Crippen LogP contribution in [0.3, 0.4) is 0 Å². The fourth-order valence-corrected chi connectivity index (χ4v) is 5.33. The van der Waals surface area contributed by atoms with Gasteiger partial charge >= 0.3 is 0 Å². The Bertz CT molecular complexity index is 891. The van der Waals surface area contributed by atoms with Crippen LogP contribution >= 0.6 is 11.8 Å². The van der Waals surface area contributed by atoms with Crippen molar-refractivity contribution in [1.29, 1.82) is 5.26 Å². The summed E-state index contributed by atoms with van der Waals surface area (Å²) in [6, 6.07) is 2.48. The van der Waals surface area contributed by atoms with E-state index in [-0.39, 0.29) is 29.9 Å². The molecule has 3 heterocycles. The van der Waals surface area contributed by atoms with Gasteiger partial charge in [-0.1, -0.05) is 11.8 Å². The van der Waals surface area contributed by atoms with Crippen molar-refractivity contribution in [2.24, 2.45) is 0 Å². The van der Waals surface area contributed by atoms with E-state index in [1.54, 1.807) is 11.1 Å². The molecule has 3 aliphatic rings. The highest BCUT2D eigenvalue weighted by Crippen LogP contribution is 2.26. The van der Waals surface area contributed by atoms with Crippen molar-refractivity contribution in [2.45, 2.75) is 74.6 Å². The van der Waals surface area contributed by atoms with Crippen LogP contribution in [0.1, 0.15) is 61.7 Å². The fraction of sp³-hybridized carbons (Fsp3) is 0.696. The summed E-state index contributed by atoms with van der Waals surface area (Å²) in [5.74, 6) is 0.665. The molecule has 33 heavy (non-hydrogen) atoms. The third-order valence-corrected chi connectivity index (χ3v) is 7.47. The molecule has 10 heteroatoms. The number of nitriles is 1. The number of carbonyl (C=O) groups excluding carboxylic acids is 2. The molecule has 2 saturated heterocycles. The van der Waals surface area contributed by atoms with Crippen molar-refractivity contribution in [2.75, 3.05) is 37.8 Å². The summed E-state index contributed by atoms with van der Waals surface area (Å²) < 4.78 is 0. The van der Waals surface area contributed by atoms with Crippen LogP contribution in [-0.4, -0.2) is 82.1 Å². The topological polar surface area (TPSA) is 114 Å². The Balaban J connectivity index is 1.30. The van der Waals surface area contributed by atoms with Gasteiger partial charge in [0.15, 0.2) is 5.16 Å². The van der Waals surface area contributed by atoms with Crippen molar-refractivity contribution in [1.82, 2.24) is 25.1 Å². The summed E-state index contributed by atoms with van der Waals surface area (Å²) in [6.45, 7) is 2.57. The highest BCUT2D eigenvalue weighted by molar-refractivity contribution is 7.98. The van der Waals surface area contributed by atoms with Gasteiger partial charge in [0.25, 0.3) is 5.91 Å². The van der Waals surface area contributed by atoms with Crippen LogP contribution < -0.4 is 10.6 Å². The molecular weight excluding hydrogens is 438 g/mol. The normalized spacial score (nSPS) is 25.2. The van der Waals surface area contributed by atoms with Crippen LogP contribution in [0.4, 0.5) is 5.82 Å². The lowest BCUT2D eigenvalue weighted by Crippen LogP contribution is -2.45.